The number of rotatable bonds is 7. The average Bonchev–Trinajstić information content (AvgIpc) is 3.11. The van der Waals surface area contributed by atoms with E-state index in [1.54, 1.807) is 24.3 Å². The van der Waals surface area contributed by atoms with Gasteiger partial charge in [-0.25, -0.2) is 8.42 Å². The molecule has 0 aliphatic heterocycles. The van der Waals surface area contributed by atoms with Gasteiger partial charge in [-0.15, -0.1) is 11.3 Å². The zero-order chi connectivity index (χ0) is 23.3. The molecule has 32 heavy (non-hydrogen) atoms. The van der Waals surface area contributed by atoms with Gasteiger partial charge in [0.15, 0.2) is 0 Å². The van der Waals surface area contributed by atoms with E-state index in [-0.39, 0.29) is 27.8 Å². The minimum absolute atomic E-state index is 0.00685. The molecule has 2 heterocycles. The standard InChI is InChI=1S/C19H15F3N2O6S2/c20-19(21,22)15-7-13(23-30-15)14-4-5-16(31-14)32(28,29)24-18(17(26)27)8-12(18)11-3-1-2-10(6-11)9-25/h1-7,12,24-25H,8-9H2,(H,26,27)/t12-,18+/m0/s1. The fourth-order valence-electron chi connectivity index (χ4n) is 3.38. The SMILES string of the molecule is O=C(O)[C@@]1(NS(=O)(=O)c2ccc(-c3cc(C(F)(F)F)on3)s2)C[C@H]1c1cccc(CO)c1. The van der Waals surface area contributed by atoms with Crippen molar-refractivity contribution in [3.05, 3.63) is 59.4 Å². The summed E-state index contributed by atoms with van der Waals surface area (Å²) in [6.07, 6.45) is -4.73. The second-order valence-corrected chi connectivity index (χ2v) is 10.2. The van der Waals surface area contributed by atoms with Gasteiger partial charge in [0.2, 0.25) is 5.76 Å². The first-order valence-corrected chi connectivity index (χ1v) is 11.4. The van der Waals surface area contributed by atoms with Crippen LogP contribution in [-0.4, -0.2) is 35.3 Å². The van der Waals surface area contributed by atoms with Crippen molar-refractivity contribution in [3.63, 3.8) is 0 Å². The third-order valence-electron chi connectivity index (χ3n) is 5.08. The largest absolute Gasteiger partial charge is 0.480 e. The van der Waals surface area contributed by atoms with E-state index in [0.29, 0.717) is 28.5 Å². The predicted octanol–water partition coefficient (Wildman–Crippen LogP) is 3.20. The molecule has 0 unspecified atom stereocenters. The number of benzene rings is 1. The molecule has 1 aliphatic rings. The summed E-state index contributed by atoms with van der Waals surface area (Å²) in [6, 6.07) is 9.62. The monoisotopic (exact) mass is 488 g/mol. The first kappa shape index (κ1) is 22.5. The molecule has 8 nitrogen and oxygen atoms in total. The molecule has 1 fully saturated rings. The second-order valence-electron chi connectivity index (χ2n) is 7.23. The Morgan fingerprint density at radius 2 is 2.03 bits per heavy atom. The topological polar surface area (TPSA) is 130 Å². The molecule has 3 aromatic rings. The number of hydrogen-bond donors (Lipinski definition) is 3. The summed E-state index contributed by atoms with van der Waals surface area (Å²) in [4.78, 5) is 12.1. The van der Waals surface area contributed by atoms with E-state index in [9.17, 15) is 36.6 Å². The Morgan fingerprint density at radius 1 is 1.28 bits per heavy atom. The lowest BCUT2D eigenvalue weighted by Gasteiger charge is -2.15. The number of halogens is 3. The molecule has 0 spiro atoms. The quantitative estimate of drug-likeness (QED) is 0.466. The van der Waals surface area contributed by atoms with Crippen LogP contribution in [0.3, 0.4) is 0 Å². The third-order valence-corrected chi connectivity index (χ3v) is 8.19. The van der Waals surface area contributed by atoms with Gasteiger partial charge in [-0.2, -0.15) is 17.9 Å². The van der Waals surface area contributed by atoms with E-state index >= 15 is 0 Å². The third kappa shape index (κ3) is 4.03. The molecular weight excluding hydrogens is 473 g/mol. The highest BCUT2D eigenvalue weighted by Crippen LogP contribution is 2.52. The Kier molecular flexibility index (Phi) is 5.40. The molecule has 2 atom stereocenters. The fraction of sp³-hybridized carbons (Fsp3) is 0.263. The number of aromatic nitrogens is 1. The van der Waals surface area contributed by atoms with Gasteiger partial charge in [-0.05, 0) is 29.7 Å². The Labute approximate surface area is 183 Å². The van der Waals surface area contributed by atoms with Crippen molar-refractivity contribution in [2.24, 2.45) is 0 Å². The van der Waals surface area contributed by atoms with Crippen LogP contribution in [0.2, 0.25) is 0 Å². The first-order valence-electron chi connectivity index (χ1n) is 9.07. The fourth-order valence-corrected chi connectivity index (χ4v) is 6.05. The summed E-state index contributed by atoms with van der Waals surface area (Å²) in [5, 5.41) is 22.3. The maximum Gasteiger partial charge on any atom is 0.452 e. The number of carboxylic acids is 1. The van der Waals surface area contributed by atoms with Gasteiger partial charge >= 0.3 is 12.1 Å². The lowest BCUT2D eigenvalue weighted by atomic mass is 10.0. The van der Waals surface area contributed by atoms with E-state index in [4.69, 9.17) is 0 Å². The number of thiophene rings is 1. The van der Waals surface area contributed by atoms with Crippen molar-refractivity contribution in [3.8, 4) is 10.6 Å². The minimum atomic E-state index is -4.73. The van der Waals surface area contributed by atoms with Crippen LogP contribution in [0.15, 0.2) is 51.2 Å². The number of aliphatic carboxylic acids is 1. The van der Waals surface area contributed by atoms with Crippen LogP contribution in [-0.2, 0) is 27.6 Å². The molecule has 13 heteroatoms. The van der Waals surface area contributed by atoms with Crippen molar-refractivity contribution in [2.45, 2.75) is 34.9 Å². The maximum atomic E-state index is 12.9. The summed E-state index contributed by atoms with van der Waals surface area (Å²) in [5.74, 6) is -3.33. The van der Waals surface area contributed by atoms with Crippen LogP contribution in [0.1, 0.15) is 29.2 Å². The van der Waals surface area contributed by atoms with Crippen LogP contribution in [0.4, 0.5) is 13.2 Å². The number of nitrogens with one attached hydrogen (secondary N) is 1. The molecule has 0 saturated heterocycles. The lowest BCUT2D eigenvalue weighted by molar-refractivity contribution is -0.155. The van der Waals surface area contributed by atoms with Gasteiger partial charge in [0.1, 0.15) is 15.4 Å². The average molecular weight is 488 g/mol. The normalized spacial score (nSPS) is 20.9. The lowest BCUT2D eigenvalue weighted by Crippen LogP contribution is -2.44. The van der Waals surface area contributed by atoms with Crippen LogP contribution < -0.4 is 4.72 Å². The molecule has 0 radical (unpaired) electrons. The van der Waals surface area contributed by atoms with Gasteiger partial charge in [0.25, 0.3) is 10.0 Å². The van der Waals surface area contributed by atoms with E-state index in [0.717, 1.165) is 6.07 Å². The van der Waals surface area contributed by atoms with E-state index in [2.05, 4.69) is 14.4 Å². The predicted molar refractivity (Wildman–Crippen MR) is 105 cm³/mol. The molecule has 170 valence electrons. The molecule has 3 N–H and O–H groups in total. The van der Waals surface area contributed by atoms with Gasteiger partial charge in [0.05, 0.1) is 11.5 Å². The summed E-state index contributed by atoms with van der Waals surface area (Å²) < 4.78 is 70.1. The Bertz CT molecular complexity index is 1280. The van der Waals surface area contributed by atoms with Crippen molar-refractivity contribution in [1.29, 1.82) is 0 Å². The summed E-state index contributed by atoms with van der Waals surface area (Å²) >= 11 is 0.634. The first-order chi connectivity index (χ1) is 15.0. The highest BCUT2D eigenvalue weighted by Gasteiger charge is 2.63. The molecule has 1 saturated carbocycles. The minimum Gasteiger partial charge on any atom is -0.480 e. The number of carboxylic acid groups (broad SMARTS) is 1. The second kappa shape index (κ2) is 7.69. The van der Waals surface area contributed by atoms with Crippen molar-refractivity contribution in [1.82, 2.24) is 9.88 Å². The molecule has 4 rings (SSSR count). The van der Waals surface area contributed by atoms with E-state index in [1.165, 1.54) is 6.07 Å². The van der Waals surface area contributed by atoms with Crippen molar-refractivity contribution < 1.29 is 41.1 Å². The molecule has 2 aromatic heterocycles. The Hall–Kier alpha value is -2.74. The van der Waals surface area contributed by atoms with Crippen molar-refractivity contribution in [2.75, 3.05) is 0 Å². The Balaban J connectivity index is 1.59. The van der Waals surface area contributed by atoms with Gasteiger partial charge in [0, 0.05) is 12.0 Å². The van der Waals surface area contributed by atoms with Crippen LogP contribution >= 0.6 is 11.3 Å². The van der Waals surface area contributed by atoms with Gasteiger partial charge in [-0.3, -0.25) is 4.79 Å². The number of aliphatic hydroxyl groups is 1. The van der Waals surface area contributed by atoms with Crippen LogP contribution in [0.25, 0.3) is 10.6 Å². The number of nitrogens with zero attached hydrogens (tertiary/aromatic N) is 1. The number of alkyl halides is 3. The molecule has 1 aromatic carbocycles. The summed E-state index contributed by atoms with van der Waals surface area (Å²) in [7, 11) is -4.31. The number of carbonyl (C=O) groups is 1. The summed E-state index contributed by atoms with van der Waals surface area (Å²) in [5.41, 5.74) is -0.836. The number of sulfonamides is 1. The molecule has 0 bridgehead atoms. The molecular formula is C19H15F3N2O6S2. The van der Waals surface area contributed by atoms with Gasteiger partial charge in [-0.1, -0.05) is 29.4 Å². The van der Waals surface area contributed by atoms with Crippen LogP contribution in [0, 0.1) is 0 Å². The molecule has 1 aliphatic carbocycles. The van der Waals surface area contributed by atoms with Gasteiger partial charge < -0.3 is 14.7 Å². The highest BCUT2D eigenvalue weighted by atomic mass is 32.2. The van der Waals surface area contributed by atoms with E-state index < -0.39 is 39.4 Å². The smallest absolute Gasteiger partial charge is 0.452 e. The number of aliphatic hydroxyl groups excluding tert-OH is 1. The Morgan fingerprint density at radius 3 is 2.66 bits per heavy atom. The number of hydrogen-bond acceptors (Lipinski definition) is 7. The van der Waals surface area contributed by atoms with E-state index in [1.807, 2.05) is 0 Å². The zero-order valence-electron chi connectivity index (χ0n) is 16.0. The molecule has 0 amide bonds. The maximum absolute atomic E-state index is 12.9. The highest BCUT2D eigenvalue weighted by molar-refractivity contribution is 7.91. The van der Waals surface area contributed by atoms with Crippen LogP contribution in [0.5, 0.6) is 0 Å². The summed E-state index contributed by atoms with van der Waals surface area (Å²) in [6.45, 7) is -0.248. The van der Waals surface area contributed by atoms with Crippen molar-refractivity contribution >= 4 is 27.3 Å². The zero-order valence-corrected chi connectivity index (χ0v) is 17.6.